The monoisotopic (exact) mass is 669 g/mol. The average Bonchev–Trinajstić information content (AvgIpc) is 3.03. The van der Waals surface area contributed by atoms with Gasteiger partial charge >= 0.3 is 0 Å². The van der Waals surface area contributed by atoms with E-state index in [0.29, 0.717) is 48.3 Å². The van der Waals surface area contributed by atoms with E-state index < -0.39 is 29.0 Å². The number of halogens is 2. The zero-order valence-corrected chi connectivity index (χ0v) is 27.9. The van der Waals surface area contributed by atoms with Gasteiger partial charge in [0.2, 0.25) is 5.88 Å². The highest BCUT2D eigenvalue weighted by Gasteiger charge is 2.45. The number of amides is 1. The van der Waals surface area contributed by atoms with Crippen LogP contribution < -0.4 is 20.7 Å². The largest absolute Gasteiger partial charge is 0.481 e. The number of aliphatic hydroxyl groups is 2. The average molecular weight is 671 g/mol. The molecule has 4 atom stereocenters. The van der Waals surface area contributed by atoms with E-state index >= 15 is 0 Å². The van der Waals surface area contributed by atoms with E-state index in [2.05, 4.69) is 20.9 Å². The van der Waals surface area contributed by atoms with E-state index in [9.17, 15) is 15.0 Å². The second kappa shape index (κ2) is 16.5. The molecule has 0 saturated carbocycles. The van der Waals surface area contributed by atoms with Crippen molar-refractivity contribution in [3.63, 3.8) is 0 Å². The van der Waals surface area contributed by atoms with Crippen LogP contribution in [0.1, 0.15) is 52.3 Å². The molecule has 1 aliphatic carbocycles. The minimum absolute atomic E-state index is 0.169. The van der Waals surface area contributed by atoms with E-state index in [1.165, 1.54) is 7.11 Å². The molecule has 12 heteroatoms. The molecule has 1 aliphatic rings. The Morgan fingerprint density at radius 2 is 1.72 bits per heavy atom. The van der Waals surface area contributed by atoms with Gasteiger partial charge in [0.1, 0.15) is 11.2 Å². The number of methoxy groups -OCH3 is 2. The molecule has 246 valence electrons. The molecular formula is C34H41Cl2N5O5. The SMILES string of the molecule is COCc1cc(C(=O)NC2(c3ccc(CNCC(C)O)c(OC)n3)C=CC=C(c3ccccc3Cl)C2Cl)ncc1CNCC(C)O. The number of rotatable bonds is 15. The van der Waals surface area contributed by atoms with Crippen molar-refractivity contribution in [1.82, 2.24) is 25.9 Å². The predicted molar refractivity (Wildman–Crippen MR) is 180 cm³/mol. The van der Waals surface area contributed by atoms with Gasteiger partial charge in [-0.3, -0.25) is 9.78 Å². The van der Waals surface area contributed by atoms with Crippen LogP contribution in [0.5, 0.6) is 5.88 Å². The van der Waals surface area contributed by atoms with Crippen LogP contribution in [0.25, 0.3) is 5.57 Å². The first kappa shape index (κ1) is 35.5. The molecule has 5 N–H and O–H groups in total. The third kappa shape index (κ3) is 8.51. The lowest BCUT2D eigenvalue weighted by Crippen LogP contribution is -2.52. The van der Waals surface area contributed by atoms with Gasteiger partial charge in [0, 0.05) is 50.1 Å². The molecule has 4 rings (SSSR count). The van der Waals surface area contributed by atoms with Gasteiger partial charge < -0.3 is 35.6 Å². The summed E-state index contributed by atoms with van der Waals surface area (Å²) in [6, 6.07) is 12.7. The molecule has 0 bridgehead atoms. The van der Waals surface area contributed by atoms with Crippen molar-refractivity contribution in [3.8, 4) is 5.88 Å². The van der Waals surface area contributed by atoms with Crippen LogP contribution in [0, 0.1) is 0 Å². The van der Waals surface area contributed by atoms with Crippen molar-refractivity contribution in [2.45, 2.75) is 56.7 Å². The lowest BCUT2D eigenvalue weighted by molar-refractivity contribution is 0.0910. The molecule has 0 fully saturated rings. The molecule has 0 spiro atoms. The quantitative estimate of drug-likeness (QED) is 0.151. The fourth-order valence-corrected chi connectivity index (χ4v) is 5.89. The number of ether oxygens (including phenoxy) is 2. The van der Waals surface area contributed by atoms with Crippen LogP contribution in [0.4, 0.5) is 0 Å². The Morgan fingerprint density at radius 3 is 2.37 bits per heavy atom. The molecular weight excluding hydrogens is 629 g/mol. The maximum atomic E-state index is 14.1. The number of allylic oxidation sites excluding steroid dienone is 2. The number of alkyl halides is 1. The normalized spacial score (nSPS) is 19.0. The number of carbonyl (C=O) groups is 1. The van der Waals surface area contributed by atoms with Gasteiger partial charge in [-0.2, -0.15) is 0 Å². The molecule has 0 aliphatic heterocycles. The summed E-state index contributed by atoms with van der Waals surface area (Å²) in [5.41, 5.74) is 3.11. The second-order valence-corrected chi connectivity index (χ2v) is 12.1. The Hall–Kier alpha value is -3.35. The highest BCUT2D eigenvalue weighted by Crippen LogP contribution is 2.43. The van der Waals surface area contributed by atoms with E-state index in [0.717, 1.165) is 22.3 Å². The molecule has 46 heavy (non-hydrogen) atoms. The number of pyridine rings is 2. The molecule has 10 nitrogen and oxygen atoms in total. The van der Waals surface area contributed by atoms with Crippen LogP contribution in [-0.4, -0.2) is 71.0 Å². The predicted octanol–water partition coefficient (Wildman–Crippen LogP) is 4.11. The number of nitrogens with one attached hydrogen (secondary N) is 3. The van der Waals surface area contributed by atoms with Crippen molar-refractivity contribution < 1.29 is 24.5 Å². The Kier molecular flexibility index (Phi) is 12.7. The number of carbonyl (C=O) groups excluding carboxylic acids is 1. The maximum absolute atomic E-state index is 14.1. The van der Waals surface area contributed by atoms with Crippen LogP contribution in [0.3, 0.4) is 0 Å². The Balaban J connectivity index is 1.74. The smallest absolute Gasteiger partial charge is 0.270 e. The zero-order chi connectivity index (χ0) is 33.3. The third-order valence-electron chi connectivity index (χ3n) is 7.49. The molecule has 4 unspecified atom stereocenters. The minimum Gasteiger partial charge on any atom is -0.481 e. The molecule has 3 aromatic rings. The number of hydrogen-bond acceptors (Lipinski definition) is 9. The Morgan fingerprint density at radius 1 is 1.02 bits per heavy atom. The standard InChI is InChI=1S/C34H41Cl2N5O5/c1-21(42)15-37-17-23-11-12-30(40-33(23)46-4)34(13-7-9-27(31(34)36)26-8-5-6-10-28(26)35)41-32(44)29-14-24(20-45-3)25(19-39-29)18-38-16-22(2)43/h5-14,19,21-22,31,37-38,42-43H,15-18,20H2,1-4H3,(H,41,44). The zero-order valence-electron chi connectivity index (χ0n) is 26.4. The molecule has 2 aromatic heterocycles. The number of aromatic nitrogens is 2. The topological polar surface area (TPSA) is 138 Å². The number of aliphatic hydroxyl groups excluding tert-OH is 2. The van der Waals surface area contributed by atoms with E-state index in [1.54, 1.807) is 51.4 Å². The summed E-state index contributed by atoms with van der Waals surface area (Å²) in [5.74, 6) is -0.120. The van der Waals surface area contributed by atoms with Crippen molar-refractivity contribution in [1.29, 1.82) is 0 Å². The van der Waals surface area contributed by atoms with Crippen molar-refractivity contribution in [3.05, 3.63) is 106 Å². The van der Waals surface area contributed by atoms with Crippen LogP contribution in [-0.2, 0) is 30.0 Å². The lowest BCUT2D eigenvalue weighted by Gasteiger charge is -2.39. The number of hydrogen-bond donors (Lipinski definition) is 5. The first-order valence-electron chi connectivity index (χ1n) is 15.0. The number of nitrogens with zero attached hydrogens (tertiary/aromatic N) is 2. The Labute approximate surface area is 279 Å². The first-order chi connectivity index (χ1) is 22.1. The Bertz CT molecular complexity index is 1560. The summed E-state index contributed by atoms with van der Waals surface area (Å²) in [4.78, 5) is 23.4. The van der Waals surface area contributed by atoms with Crippen LogP contribution in [0.2, 0.25) is 5.02 Å². The minimum atomic E-state index is -1.33. The summed E-state index contributed by atoms with van der Waals surface area (Å²) < 4.78 is 11.1. The van der Waals surface area contributed by atoms with Gasteiger partial charge in [-0.15, -0.1) is 11.6 Å². The summed E-state index contributed by atoms with van der Waals surface area (Å²) in [6.45, 7) is 5.34. The maximum Gasteiger partial charge on any atom is 0.270 e. The van der Waals surface area contributed by atoms with Crippen LogP contribution >= 0.6 is 23.2 Å². The summed E-state index contributed by atoms with van der Waals surface area (Å²) in [6.07, 6.45) is 6.12. The van der Waals surface area contributed by atoms with Gasteiger partial charge in [0.25, 0.3) is 5.91 Å². The van der Waals surface area contributed by atoms with Gasteiger partial charge in [0.05, 0.1) is 37.0 Å². The van der Waals surface area contributed by atoms with Crippen LogP contribution in [0.15, 0.2) is 66.9 Å². The fraction of sp³-hybridized carbons (Fsp3) is 0.382. The van der Waals surface area contributed by atoms with Crippen molar-refractivity contribution >= 4 is 34.7 Å². The van der Waals surface area contributed by atoms with Crippen molar-refractivity contribution in [2.24, 2.45) is 0 Å². The molecule has 1 aromatic carbocycles. The highest BCUT2D eigenvalue weighted by atomic mass is 35.5. The molecule has 1 amide bonds. The van der Waals surface area contributed by atoms with Gasteiger partial charge in [-0.1, -0.05) is 54.1 Å². The first-order valence-corrected chi connectivity index (χ1v) is 15.8. The highest BCUT2D eigenvalue weighted by molar-refractivity contribution is 6.34. The van der Waals surface area contributed by atoms with Gasteiger partial charge in [-0.25, -0.2) is 4.98 Å². The second-order valence-electron chi connectivity index (χ2n) is 11.2. The summed E-state index contributed by atoms with van der Waals surface area (Å²) in [5, 5.41) is 28.5. The van der Waals surface area contributed by atoms with Crippen molar-refractivity contribution in [2.75, 3.05) is 27.3 Å². The summed E-state index contributed by atoms with van der Waals surface area (Å²) >= 11 is 13.9. The fourth-order valence-electron chi connectivity index (χ4n) is 5.22. The van der Waals surface area contributed by atoms with E-state index in [4.69, 9.17) is 37.7 Å². The molecule has 0 radical (unpaired) electrons. The van der Waals surface area contributed by atoms with E-state index in [1.807, 2.05) is 36.4 Å². The van der Waals surface area contributed by atoms with E-state index in [-0.39, 0.29) is 12.3 Å². The third-order valence-corrected chi connectivity index (χ3v) is 8.40. The number of benzene rings is 1. The lowest BCUT2D eigenvalue weighted by atomic mass is 9.80. The van der Waals surface area contributed by atoms with Gasteiger partial charge in [-0.05, 0) is 54.3 Å². The molecule has 2 heterocycles. The molecule has 0 saturated heterocycles. The summed E-state index contributed by atoms with van der Waals surface area (Å²) in [7, 11) is 3.11. The van der Waals surface area contributed by atoms with Gasteiger partial charge in [0.15, 0.2) is 0 Å².